The van der Waals surface area contributed by atoms with E-state index in [2.05, 4.69) is 10.4 Å². The number of nitrogens with zero attached hydrogens (tertiary/aromatic N) is 3. The Kier molecular flexibility index (Phi) is 3.53. The molecule has 0 aliphatic heterocycles. The van der Waals surface area contributed by atoms with Gasteiger partial charge in [-0.3, -0.25) is 14.9 Å². The van der Waals surface area contributed by atoms with Gasteiger partial charge in [-0.1, -0.05) is 6.07 Å². The van der Waals surface area contributed by atoms with E-state index in [1.165, 1.54) is 17.0 Å². The molecule has 2 heterocycles. The number of nitrogens with one attached hydrogen (secondary N) is 1. The molecule has 2 aromatic heterocycles. The summed E-state index contributed by atoms with van der Waals surface area (Å²) in [5.41, 5.74) is 2.11. The molecule has 0 saturated carbocycles. The van der Waals surface area contributed by atoms with Gasteiger partial charge >= 0.3 is 5.69 Å². The average Bonchev–Trinajstić information content (AvgIpc) is 2.41. The summed E-state index contributed by atoms with van der Waals surface area (Å²) in [6, 6.07) is 4.67. The van der Waals surface area contributed by atoms with Crippen LogP contribution in [-0.2, 0) is 6.54 Å². The van der Waals surface area contributed by atoms with Crippen molar-refractivity contribution in [2.75, 3.05) is 5.43 Å². The zero-order chi connectivity index (χ0) is 13.8. The number of aromatic nitrogens is 2. The van der Waals surface area contributed by atoms with Gasteiger partial charge in [0.05, 0.1) is 17.7 Å². The maximum atomic E-state index is 11.3. The summed E-state index contributed by atoms with van der Waals surface area (Å²) >= 11 is 0. The molecule has 0 bridgehead atoms. The SMILES string of the molecule is NNc1ncccc1Cn1ccc(=O)c([N+](=O)[O-])c1. The standard InChI is InChI=1S/C11H11N5O3/c12-14-11-8(2-1-4-13-11)6-15-5-3-10(17)9(7-15)16(18)19/h1-5,7H,6,12H2,(H,13,14). The van der Waals surface area contributed by atoms with Crippen LogP contribution in [0.2, 0.25) is 0 Å². The lowest BCUT2D eigenvalue weighted by Crippen LogP contribution is -2.14. The highest BCUT2D eigenvalue weighted by Gasteiger charge is 2.12. The lowest BCUT2D eigenvalue weighted by atomic mass is 10.2. The summed E-state index contributed by atoms with van der Waals surface area (Å²) in [4.78, 5) is 25.3. The van der Waals surface area contributed by atoms with E-state index in [9.17, 15) is 14.9 Å². The molecule has 2 rings (SSSR count). The van der Waals surface area contributed by atoms with Gasteiger partial charge in [-0.25, -0.2) is 10.8 Å². The number of nitrogens with two attached hydrogens (primary N) is 1. The fourth-order valence-corrected chi connectivity index (χ4v) is 1.64. The van der Waals surface area contributed by atoms with Gasteiger partial charge in [0, 0.05) is 24.0 Å². The first-order valence-electron chi connectivity index (χ1n) is 5.37. The number of hydrogen-bond acceptors (Lipinski definition) is 6. The Morgan fingerprint density at radius 1 is 1.47 bits per heavy atom. The monoisotopic (exact) mass is 261 g/mol. The molecular weight excluding hydrogens is 250 g/mol. The smallest absolute Gasteiger partial charge is 0.332 e. The highest BCUT2D eigenvalue weighted by atomic mass is 16.6. The fourth-order valence-electron chi connectivity index (χ4n) is 1.64. The van der Waals surface area contributed by atoms with Crippen LogP contribution < -0.4 is 16.7 Å². The van der Waals surface area contributed by atoms with Crippen LogP contribution in [0.1, 0.15) is 5.56 Å². The maximum Gasteiger partial charge on any atom is 0.332 e. The van der Waals surface area contributed by atoms with E-state index in [0.717, 1.165) is 11.6 Å². The molecule has 0 aliphatic carbocycles. The van der Waals surface area contributed by atoms with Crippen molar-refractivity contribution < 1.29 is 4.92 Å². The van der Waals surface area contributed by atoms with Crippen molar-refractivity contribution in [3.8, 4) is 0 Å². The number of nitrogen functional groups attached to an aromatic ring is 1. The van der Waals surface area contributed by atoms with Crippen LogP contribution in [0.5, 0.6) is 0 Å². The first-order valence-corrected chi connectivity index (χ1v) is 5.37. The van der Waals surface area contributed by atoms with Crippen molar-refractivity contribution in [2.45, 2.75) is 6.54 Å². The summed E-state index contributed by atoms with van der Waals surface area (Å²) in [5, 5.41) is 10.7. The van der Waals surface area contributed by atoms with Crippen molar-refractivity contribution >= 4 is 11.5 Å². The first-order chi connectivity index (χ1) is 9.11. The number of hydrogen-bond donors (Lipinski definition) is 2. The molecule has 98 valence electrons. The van der Waals surface area contributed by atoms with Gasteiger partial charge in [-0.2, -0.15) is 0 Å². The van der Waals surface area contributed by atoms with Crippen LogP contribution in [0, 0.1) is 10.1 Å². The third kappa shape index (κ3) is 2.75. The molecule has 0 spiro atoms. The molecule has 8 nitrogen and oxygen atoms in total. The number of hydrazine groups is 1. The first kappa shape index (κ1) is 12.7. The van der Waals surface area contributed by atoms with Crippen molar-refractivity contribution in [2.24, 2.45) is 5.84 Å². The van der Waals surface area contributed by atoms with E-state index in [1.807, 2.05) is 0 Å². The fraction of sp³-hybridized carbons (Fsp3) is 0.0909. The third-order valence-electron chi connectivity index (χ3n) is 2.54. The Labute approximate surface area is 107 Å². The highest BCUT2D eigenvalue weighted by Crippen LogP contribution is 2.12. The van der Waals surface area contributed by atoms with Crippen LogP contribution in [0.4, 0.5) is 11.5 Å². The summed E-state index contributed by atoms with van der Waals surface area (Å²) in [7, 11) is 0. The summed E-state index contributed by atoms with van der Waals surface area (Å²) < 4.78 is 1.53. The Bertz CT molecular complexity index is 667. The van der Waals surface area contributed by atoms with Crippen LogP contribution in [-0.4, -0.2) is 14.5 Å². The minimum Gasteiger partial charge on any atom is -0.343 e. The molecule has 0 radical (unpaired) electrons. The third-order valence-corrected chi connectivity index (χ3v) is 2.54. The van der Waals surface area contributed by atoms with Gasteiger partial charge in [0.15, 0.2) is 0 Å². The molecule has 0 saturated heterocycles. The second kappa shape index (κ2) is 5.27. The van der Waals surface area contributed by atoms with Gasteiger partial charge in [0.1, 0.15) is 5.82 Å². The molecule has 0 aliphatic rings. The molecule has 19 heavy (non-hydrogen) atoms. The van der Waals surface area contributed by atoms with Gasteiger partial charge in [-0.15, -0.1) is 0 Å². The molecule has 0 atom stereocenters. The Hall–Kier alpha value is -2.74. The normalized spacial score (nSPS) is 10.2. The van der Waals surface area contributed by atoms with Crippen molar-refractivity contribution in [3.05, 3.63) is 62.7 Å². The molecule has 0 aromatic carbocycles. The van der Waals surface area contributed by atoms with Crippen molar-refractivity contribution in [3.63, 3.8) is 0 Å². The van der Waals surface area contributed by atoms with Crippen LogP contribution >= 0.6 is 0 Å². The maximum absolute atomic E-state index is 11.3. The minimum atomic E-state index is -0.704. The van der Waals surface area contributed by atoms with Gasteiger partial charge in [0.2, 0.25) is 0 Å². The Balaban J connectivity index is 2.36. The molecule has 3 N–H and O–H groups in total. The van der Waals surface area contributed by atoms with Crippen LogP contribution in [0.3, 0.4) is 0 Å². The number of rotatable bonds is 4. The molecule has 0 amide bonds. The predicted octanol–water partition coefficient (Wildman–Crippen LogP) is 0.485. The second-order valence-corrected chi connectivity index (χ2v) is 3.78. The quantitative estimate of drug-likeness (QED) is 0.470. The summed E-state index contributed by atoms with van der Waals surface area (Å²) in [5.74, 6) is 5.80. The molecule has 0 unspecified atom stereocenters. The van der Waals surface area contributed by atoms with E-state index < -0.39 is 16.0 Å². The van der Waals surface area contributed by atoms with Crippen molar-refractivity contribution in [1.82, 2.24) is 9.55 Å². The largest absolute Gasteiger partial charge is 0.343 e. The Morgan fingerprint density at radius 2 is 2.26 bits per heavy atom. The summed E-state index contributed by atoms with van der Waals surface area (Å²) in [6.07, 6.45) is 4.24. The van der Waals surface area contributed by atoms with E-state index in [1.54, 1.807) is 18.3 Å². The average molecular weight is 261 g/mol. The lowest BCUT2D eigenvalue weighted by Gasteiger charge is -2.09. The van der Waals surface area contributed by atoms with E-state index >= 15 is 0 Å². The van der Waals surface area contributed by atoms with E-state index in [4.69, 9.17) is 5.84 Å². The van der Waals surface area contributed by atoms with E-state index in [-0.39, 0.29) is 0 Å². The van der Waals surface area contributed by atoms with Crippen LogP contribution in [0.15, 0.2) is 41.6 Å². The summed E-state index contributed by atoms with van der Waals surface area (Å²) in [6.45, 7) is 0.314. The zero-order valence-corrected chi connectivity index (χ0v) is 9.81. The van der Waals surface area contributed by atoms with E-state index in [0.29, 0.717) is 12.4 Å². The molecule has 0 fully saturated rings. The second-order valence-electron chi connectivity index (χ2n) is 3.78. The Morgan fingerprint density at radius 3 is 2.95 bits per heavy atom. The zero-order valence-electron chi connectivity index (χ0n) is 9.81. The number of pyridine rings is 2. The van der Waals surface area contributed by atoms with Crippen molar-refractivity contribution in [1.29, 1.82) is 0 Å². The lowest BCUT2D eigenvalue weighted by molar-refractivity contribution is -0.386. The number of nitro groups is 1. The highest BCUT2D eigenvalue weighted by molar-refractivity contribution is 5.42. The van der Waals surface area contributed by atoms with Gasteiger partial charge in [0.25, 0.3) is 5.43 Å². The molecular formula is C11H11N5O3. The van der Waals surface area contributed by atoms with Crippen LogP contribution in [0.25, 0.3) is 0 Å². The van der Waals surface area contributed by atoms with Gasteiger partial charge < -0.3 is 9.99 Å². The predicted molar refractivity (Wildman–Crippen MR) is 68.5 cm³/mol. The molecule has 8 heteroatoms. The minimum absolute atomic E-state index is 0.314. The van der Waals surface area contributed by atoms with Gasteiger partial charge in [-0.05, 0) is 6.07 Å². The number of anilines is 1. The topological polar surface area (TPSA) is 116 Å². The molecule has 2 aromatic rings.